The molecule has 2 heterocycles. The van der Waals surface area contributed by atoms with Crippen LogP contribution in [0.4, 0.5) is 16.2 Å². The van der Waals surface area contributed by atoms with E-state index in [1.165, 1.54) is 19.2 Å². The average molecular weight is 590 g/mol. The molecule has 3 aromatic carbocycles. The number of methoxy groups -OCH3 is 1. The number of nitrogens with one attached hydrogen (secondary N) is 2. The van der Waals surface area contributed by atoms with Gasteiger partial charge in [-0.2, -0.15) is 0 Å². The molecule has 11 heteroatoms. The van der Waals surface area contributed by atoms with E-state index >= 15 is 0 Å². The zero-order chi connectivity index (χ0) is 30.7. The molecule has 2 saturated heterocycles. The molecule has 3 amide bonds. The molecule has 0 aliphatic carbocycles. The molecular formula is C32H35N3O8. The van der Waals surface area contributed by atoms with E-state index < -0.39 is 23.8 Å². The molecule has 0 saturated carbocycles. The summed E-state index contributed by atoms with van der Waals surface area (Å²) < 4.78 is 23.7. The van der Waals surface area contributed by atoms with E-state index in [0.29, 0.717) is 35.0 Å². The quantitative estimate of drug-likeness (QED) is 0.327. The molecule has 3 atom stereocenters. The first-order chi connectivity index (χ1) is 20.5. The number of aromatic carboxylic acids is 1. The Morgan fingerprint density at radius 1 is 1.00 bits per heavy atom. The van der Waals surface area contributed by atoms with Crippen molar-refractivity contribution in [3.05, 3.63) is 83.4 Å². The maximum atomic E-state index is 13.6. The topological polar surface area (TPSA) is 136 Å². The Balaban J connectivity index is 1.26. The Morgan fingerprint density at radius 3 is 2.42 bits per heavy atom. The van der Waals surface area contributed by atoms with Gasteiger partial charge in [0.1, 0.15) is 30.3 Å². The molecule has 3 aromatic rings. The fourth-order valence-electron chi connectivity index (χ4n) is 5.40. The molecule has 2 aliphatic heterocycles. The van der Waals surface area contributed by atoms with Gasteiger partial charge in [0.2, 0.25) is 5.91 Å². The molecular weight excluding hydrogens is 554 g/mol. The molecule has 0 radical (unpaired) electrons. The number of anilines is 2. The number of benzene rings is 3. The van der Waals surface area contributed by atoms with Crippen molar-refractivity contribution in [2.24, 2.45) is 0 Å². The van der Waals surface area contributed by atoms with Gasteiger partial charge in [-0.15, -0.1) is 0 Å². The molecule has 0 spiro atoms. The third kappa shape index (κ3) is 6.90. The van der Waals surface area contributed by atoms with E-state index in [-0.39, 0.29) is 36.7 Å². The lowest BCUT2D eigenvalue weighted by molar-refractivity contribution is -0.168. The number of likely N-dealkylation sites (tertiary alicyclic amines) is 1. The number of amides is 3. The summed E-state index contributed by atoms with van der Waals surface area (Å²) in [5.74, 6) is -1.05. The van der Waals surface area contributed by atoms with E-state index in [1.807, 2.05) is 45.0 Å². The fourth-order valence-corrected chi connectivity index (χ4v) is 5.40. The smallest absolute Gasteiger partial charge is 0.335 e. The van der Waals surface area contributed by atoms with Crippen LogP contribution in [-0.2, 0) is 20.7 Å². The van der Waals surface area contributed by atoms with Crippen molar-refractivity contribution in [2.75, 3.05) is 30.9 Å². The maximum Gasteiger partial charge on any atom is 0.335 e. The lowest BCUT2D eigenvalue weighted by Crippen LogP contribution is -2.46. The number of carbonyl (C=O) groups excluding carboxylic acids is 2. The number of urea groups is 1. The number of fused-ring (bicyclic) bond motifs is 1. The number of carboxylic acids is 1. The molecule has 43 heavy (non-hydrogen) atoms. The molecule has 3 N–H and O–H groups in total. The summed E-state index contributed by atoms with van der Waals surface area (Å²) in [4.78, 5) is 39.1. The second-order valence-electron chi connectivity index (χ2n) is 11.0. The predicted molar refractivity (Wildman–Crippen MR) is 159 cm³/mol. The van der Waals surface area contributed by atoms with Crippen molar-refractivity contribution in [2.45, 2.75) is 51.2 Å². The van der Waals surface area contributed by atoms with Gasteiger partial charge in [-0.1, -0.05) is 24.3 Å². The van der Waals surface area contributed by atoms with Crippen LogP contribution >= 0.6 is 0 Å². The zero-order valence-electron chi connectivity index (χ0n) is 24.5. The summed E-state index contributed by atoms with van der Waals surface area (Å²) in [5.41, 5.74) is 2.95. The minimum Gasteiger partial charge on any atom is -0.495 e. The Labute approximate surface area is 249 Å². The van der Waals surface area contributed by atoms with E-state index in [1.54, 1.807) is 35.2 Å². The second kappa shape index (κ2) is 12.3. The summed E-state index contributed by atoms with van der Waals surface area (Å²) in [6.07, 6.45) is -0.612. The number of aryl methyl sites for hydroxylation is 1. The third-order valence-corrected chi connectivity index (χ3v) is 7.48. The minimum absolute atomic E-state index is 0.0820. The molecule has 226 valence electrons. The monoisotopic (exact) mass is 589 g/mol. The van der Waals surface area contributed by atoms with Crippen LogP contribution in [0, 0.1) is 6.92 Å². The number of nitrogens with zero attached hydrogens (tertiary/aromatic N) is 1. The number of hydrogen-bond acceptors (Lipinski definition) is 7. The first kappa shape index (κ1) is 29.9. The van der Waals surface area contributed by atoms with Crippen LogP contribution in [0.1, 0.15) is 35.3 Å². The molecule has 2 fully saturated rings. The van der Waals surface area contributed by atoms with Gasteiger partial charge in [-0.3, -0.25) is 4.79 Å². The van der Waals surface area contributed by atoms with Crippen LogP contribution in [0.3, 0.4) is 0 Å². The molecule has 0 bridgehead atoms. The molecule has 2 aliphatic rings. The lowest BCUT2D eigenvalue weighted by Gasteiger charge is -2.30. The largest absolute Gasteiger partial charge is 0.495 e. The van der Waals surface area contributed by atoms with E-state index in [4.69, 9.17) is 24.1 Å². The minimum atomic E-state index is -1.02. The molecule has 11 nitrogen and oxygen atoms in total. The van der Waals surface area contributed by atoms with Gasteiger partial charge in [0.05, 0.1) is 37.4 Å². The van der Waals surface area contributed by atoms with Crippen molar-refractivity contribution < 1.29 is 38.4 Å². The molecule has 0 aromatic heterocycles. The SMILES string of the molecule is COc1cc(CC(=O)N2CC3OC(C)(C)OC3C2COc2ccc(C(=O)O)cc2)ccc1NC(=O)Nc1ccccc1C. The van der Waals surface area contributed by atoms with Gasteiger partial charge in [0.25, 0.3) is 0 Å². The molecule has 3 unspecified atom stereocenters. The Kier molecular flexibility index (Phi) is 8.56. The highest BCUT2D eigenvalue weighted by Crippen LogP contribution is 2.37. The first-order valence-electron chi connectivity index (χ1n) is 13.9. The van der Waals surface area contributed by atoms with Crippen molar-refractivity contribution in [1.82, 2.24) is 4.90 Å². The number of ether oxygens (including phenoxy) is 4. The summed E-state index contributed by atoms with van der Waals surface area (Å²) >= 11 is 0. The highest BCUT2D eigenvalue weighted by Gasteiger charge is 2.54. The van der Waals surface area contributed by atoms with Gasteiger partial charge in [0.15, 0.2) is 5.79 Å². The summed E-state index contributed by atoms with van der Waals surface area (Å²) in [7, 11) is 1.50. The van der Waals surface area contributed by atoms with Crippen molar-refractivity contribution in [3.8, 4) is 11.5 Å². The van der Waals surface area contributed by atoms with Crippen LogP contribution in [0.2, 0.25) is 0 Å². The van der Waals surface area contributed by atoms with Crippen molar-refractivity contribution in [3.63, 3.8) is 0 Å². The zero-order valence-corrected chi connectivity index (χ0v) is 24.5. The standard InChI is InChI=1S/C32H35N3O8/c1-19-7-5-6-8-23(19)33-31(39)34-24-14-9-20(15-26(24)40-4)16-28(36)35-17-27-29(43-32(2,3)42-27)25(35)18-41-22-12-10-21(11-13-22)30(37)38/h5-15,25,27,29H,16-18H2,1-4H3,(H,37,38)(H2,33,34,39). The van der Waals surface area contributed by atoms with E-state index in [0.717, 1.165) is 5.56 Å². The van der Waals surface area contributed by atoms with Crippen molar-refractivity contribution in [1.29, 1.82) is 0 Å². The number of rotatable bonds is 9. The molecule has 5 rings (SSSR count). The number of para-hydroxylation sites is 1. The Bertz CT molecular complexity index is 1510. The fraction of sp³-hybridized carbons (Fsp3) is 0.344. The van der Waals surface area contributed by atoms with Crippen LogP contribution in [0.15, 0.2) is 66.7 Å². The maximum absolute atomic E-state index is 13.6. The number of hydrogen-bond donors (Lipinski definition) is 3. The number of carboxylic acid groups (broad SMARTS) is 1. The van der Waals surface area contributed by atoms with Crippen LogP contribution in [-0.4, -0.2) is 72.2 Å². The highest BCUT2D eigenvalue weighted by atomic mass is 16.8. The van der Waals surface area contributed by atoms with Gasteiger partial charge in [-0.05, 0) is 74.4 Å². The predicted octanol–water partition coefficient (Wildman–Crippen LogP) is 4.70. The Hall–Kier alpha value is -4.61. The van der Waals surface area contributed by atoms with Crippen LogP contribution in [0.25, 0.3) is 0 Å². The lowest BCUT2D eigenvalue weighted by atomic mass is 10.1. The average Bonchev–Trinajstić information content (AvgIpc) is 3.45. The summed E-state index contributed by atoms with van der Waals surface area (Å²) in [6.45, 7) is 6.06. The second-order valence-corrected chi connectivity index (χ2v) is 11.0. The van der Waals surface area contributed by atoms with Crippen molar-refractivity contribution >= 4 is 29.3 Å². The first-order valence-corrected chi connectivity index (χ1v) is 13.9. The van der Waals surface area contributed by atoms with E-state index in [9.17, 15) is 14.4 Å². The van der Waals surface area contributed by atoms with Gasteiger partial charge < -0.3 is 39.6 Å². The van der Waals surface area contributed by atoms with Gasteiger partial charge in [-0.25, -0.2) is 9.59 Å². The normalized spacial score (nSPS) is 20.3. The number of carbonyl (C=O) groups is 3. The van der Waals surface area contributed by atoms with E-state index in [2.05, 4.69) is 10.6 Å². The summed E-state index contributed by atoms with van der Waals surface area (Å²) in [6, 6.07) is 17.9. The van der Waals surface area contributed by atoms with Crippen LogP contribution in [0.5, 0.6) is 11.5 Å². The van der Waals surface area contributed by atoms with Gasteiger partial charge in [0, 0.05) is 5.69 Å². The summed E-state index contributed by atoms with van der Waals surface area (Å²) in [5, 5.41) is 14.8. The van der Waals surface area contributed by atoms with Crippen LogP contribution < -0.4 is 20.1 Å². The van der Waals surface area contributed by atoms with Gasteiger partial charge >= 0.3 is 12.0 Å². The highest BCUT2D eigenvalue weighted by molar-refractivity contribution is 6.01. The third-order valence-electron chi connectivity index (χ3n) is 7.48. The Morgan fingerprint density at radius 2 is 1.72 bits per heavy atom.